The molecule has 1 heteroatoms. The van der Waals surface area contributed by atoms with Gasteiger partial charge in [0.05, 0.1) is 0 Å². The number of benzene rings is 2. The van der Waals surface area contributed by atoms with Crippen LogP contribution in [0.4, 0.5) is 0 Å². The van der Waals surface area contributed by atoms with Crippen LogP contribution in [-0.2, 0) is 0 Å². The van der Waals surface area contributed by atoms with E-state index in [9.17, 15) is 4.79 Å². The molecule has 0 amide bonds. The van der Waals surface area contributed by atoms with Gasteiger partial charge in [0.2, 0.25) is 0 Å². The van der Waals surface area contributed by atoms with Gasteiger partial charge in [-0.2, -0.15) is 0 Å². The monoisotopic (exact) mass is 252 g/mol. The number of carbonyl (C=O) groups is 1. The van der Waals surface area contributed by atoms with Gasteiger partial charge in [-0.1, -0.05) is 74.4 Å². The molecular weight excluding hydrogens is 232 g/mol. The smallest absolute Gasteiger partial charge is 0.162 e. The van der Waals surface area contributed by atoms with Gasteiger partial charge in [0.15, 0.2) is 5.78 Å². The lowest BCUT2D eigenvalue weighted by atomic mass is 10.0. The number of unbranched alkanes of at least 4 members (excludes halogenated alkanes) is 2. The minimum atomic E-state index is 0.257. The molecule has 19 heavy (non-hydrogen) atoms. The minimum absolute atomic E-state index is 0.257. The van der Waals surface area contributed by atoms with E-state index in [1.165, 1.54) is 5.56 Å². The lowest BCUT2D eigenvalue weighted by molar-refractivity contribution is 0.0979. The molecule has 98 valence electrons. The molecule has 0 aromatic heterocycles. The summed E-state index contributed by atoms with van der Waals surface area (Å²) >= 11 is 0. The summed E-state index contributed by atoms with van der Waals surface area (Å²) in [5, 5.41) is 0. The molecule has 1 nitrogen and oxygen atoms in total. The van der Waals surface area contributed by atoms with Gasteiger partial charge < -0.3 is 0 Å². The Balaban J connectivity index is 2.04. The van der Waals surface area contributed by atoms with Gasteiger partial charge >= 0.3 is 0 Å². The molecule has 0 N–H and O–H groups in total. The fourth-order valence-corrected chi connectivity index (χ4v) is 2.16. The Bertz CT molecular complexity index is 511. The maximum atomic E-state index is 12.0. The summed E-state index contributed by atoms with van der Waals surface area (Å²) in [5.41, 5.74) is 3.17. The molecule has 2 rings (SSSR count). The Morgan fingerprint density at radius 3 is 2.11 bits per heavy atom. The van der Waals surface area contributed by atoms with Crippen molar-refractivity contribution in [3.8, 4) is 11.1 Å². The summed E-state index contributed by atoms with van der Waals surface area (Å²) in [6, 6.07) is 18.2. The van der Waals surface area contributed by atoms with Crippen LogP contribution in [0.15, 0.2) is 54.6 Å². The largest absolute Gasteiger partial charge is 0.294 e. The van der Waals surface area contributed by atoms with E-state index >= 15 is 0 Å². The van der Waals surface area contributed by atoms with Crippen LogP contribution < -0.4 is 0 Å². The molecule has 2 aromatic carbocycles. The predicted molar refractivity (Wildman–Crippen MR) is 80.4 cm³/mol. The van der Waals surface area contributed by atoms with E-state index < -0.39 is 0 Å². The zero-order chi connectivity index (χ0) is 13.5. The highest BCUT2D eigenvalue weighted by Gasteiger charge is 2.05. The second-order valence-electron chi connectivity index (χ2n) is 4.82. The molecule has 0 bridgehead atoms. The quantitative estimate of drug-likeness (QED) is 0.515. The Kier molecular flexibility index (Phi) is 4.91. The van der Waals surface area contributed by atoms with E-state index in [4.69, 9.17) is 0 Å². The van der Waals surface area contributed by atoms with Crippen LogP contribution in [0, 0.1) is 0 Å². The first-order valence-electron chi connectivity index (χ1n) is 7.00. The van der Waals surface area contributed by atoms with Crippen LogP contribution in [0.3, 0.4) is 0 Å². The summed E-state index contributed by atoms with van der Waals surface area (Å²) in [7, 11) is 0. The number of Topliss-reactive ketones (excluding diaryl/α,β-unsaturated/α-hetero) is 1. The van der Waals surface area contributed by atoms with Crippen molar-refractivity contribution in [2.45, 2.75) is 32.6 Å². The first-order chi connectivity index (χ1) is 9.31. The third-order valence-corrected chi connectivity index (χ3v) is 3.32. The first kappa shape index (κ1) is 13.5. The number of rotatable bonds is 6. The Labute approximate surface area is 115 Å². The summed E-state index contributed by atoms with van der Waals surface area (Å²) < 4.78 is 0. The summed E-state index contributed by atoms with van der Waals surface area (Å²) in [4.78, 5) is 12.0. The zero-order valence-electron chi connectivity index (χ0n) is 11.4. The third kappa shape index (κ3) is 3.78. The predicted octanol–water partition coefficient (Wildman–Crippen LogP) is 5.12. The van der Waals surface area contributed by atoms with Crippen molar-refractivity contribution in [1.29, 1.82) is 0 Å². The van der Waals surface area contributed by atoms with Crippen LogP contribution in [0.2, 0.25) is 0 Å². The van der Waals surface area contributed by atoms with Gasteiger partial charge in [0, 0.05) is 12.0 Å². The molecule has 0 unspecified atom stereocenters. The van der Waals surface area contributed by atoms with Crippen molar-refractivity contribution >= 4 is 5.78 Å². The van der Waals surface area contributed by atoms with Gasteiger partial charge in [-0.05, 0) is 17.5 Å². The average molecular weight is 252 g/mol. The van der Waals surface area contributed by atoms with Gasteiger partial charge in [-0.15, -0.1) is 0 Å². The van der Waals surface area contributed by atoms with Crippen LogP contribution in [0.5, 0.6) is 0 Å². The lowest BCUT2D eigenvalue weighted by Gasteiger charge is -2.04. The number of carbonyl (C=O) groups excluding carboxylic acids is 1. The molecule has 0 heterocycles. The second-order valence-corrected chi connectivity index (χ2v) is 4.82. The van der Waals surface area contributed by atoms with E-state index in [1.807, 2.05) is 42.5 Å². The average Bonchev–Trinajstić information content (AvgIpc) is 2.48. The first-order valence-corrected chi connectivity index (χ1v) is 7.00. The molecule has 0 saturated heterocycles. The topological polar surface area (TPSA) is 17.1 Å². The van der Waals surface area contributed by atoms with Gasteiger partial charge in [-0.3, -0.25) is 4.79 Å². The molecule has 2 aromatic rings. The molecule has 0 aliphatic heterocycles. The molecule has 0 fully saturated rings. The summed E-state index contributed by atoms with van der Waals surface area (Å²) in [6.07, 6.45) is 3.95. The lowest BCUT2D eigenvalue weighted by Crippen LogP contribution is -1.98. The number of ketones is 1. The Hall–Kier alpha value is -1.89. The normalized spacial score (nSPS) is 10.4. The maximum Gasteiger partial charge on any atom is 0.162 e. The van der Waals surface area contributed by atoms with E-state index in [-0.39, 0.29) is 5.78 Å². The standard InChI is InChI=1S/C18H20O/c1-2-3-5-10-18(19)17-13-11-16(12-14-17)15-8-6-4-7-9-15/h4,6-9,11-14H,2-3,5,10H2,1H3. The molecule has 0 spiro atoms. The zero-order valence-corrected chi connectivity index (χ0v) is 11.4. The Morgan fingerprint density at radius 2 is 1.47 bits per heavy atom. The molecule has 0 aliphatic carbocycles. The van der Waals surface area contributed by atoms with Crippen molar-refractivity contribution in [3.63, 3.8) is 0 Å². The highest BCUT2D eigenvalue weighted by Crippen LogP contribution is 2.20. The summed E-state index contributed by atoms with van der Waals surface area (Å²) in [5.74, 6) is 0.257. The maximum absolute atomic E-state index is 12.0. The molecule has 0 radical (unpaired) electrons. The van der Waals surface area contributed by atoms with Crippen molar-refractivity contribution in [2.75, 3.05) is 0 Å². The summed E-state index contributed by atoms with van der Waals surface area (Å²) in [6.45, 7) is 2.15. The minimum Gasteiger partial charge on any atom is -0.294 e. The molecule has 0 aliphatic rings. The molecule has 0 saturated carbocycles. The fourth-order valence-electron chi connectivity index (χ4n) is 2.16. The van der Waals surface area contributed by atoms with E-state index in [2.05, 4.69) is 19.1 Å². The van der Waals surface area contributed by atoms with Crippen molar-refractivity contribution in [1.82, 2.24) is 0 Å². The molecule has 0 atom stereocenters. The van der Waals surface area contributed by atoms with Gasteiger partial charge in [0.1, 0.15) is 0 Å². The van der Waals surface area contributed by atoms with E-state index in [0.717, 1.165) is 30.4 Å². The van der Waals surface area contributed by atoms with Gasteiger partial charge in [0.25, 0.3) is 0 Å². The Morgan fingerprint density at radius 1 is 0.842 bits per heavy atom. The van der Waals surface area contributed by atoms with E-state index in [0.29, 0.717) is 6.42 Å². The third-order valence-electron chi connectivity index (χ3n) is 3.32. The van der Waals surface area contributed by atoms with Gasteiger partial charge in [-0.25, -0.2) is 0 Å². The number of hydrogen-bond donors (Lipinski definition) is 0. The van der Waals surface area contributed by atoms with E-state index in [1.54, 1.807) is 0 Å². The SMILES string of the molecule is CCCCCC(=O)c1ccc(-c2ccccc2)cc1. The van der Waals surface area contributed by atoms with Crippen molar-refractivity contribution < 1.29 is 4.79 Å². The van der Waals surface area contributed by atoms with Crippen LogP contribution in [0.1, 0.15) is 43.0 Å². The second kappa shape index (κ2) is 6.89. The van der Waals surface area contributed by atoms with Crippen LogP contribution >= 0.6 is 0 Å². The number of hydrogen-bond acceptors (Lipinski definition) is 1. The van der Waals surface area contributed by atoms with Crippen LogP contribution in [0.25, 0.3) is 11.1 Å². The highest BCUT2D eigenvalue weighted by molar-refractivity contribution is 5.96. The van der Waals surface area contributed by atoms with Crippen molar-refractivity contribution in [2.24, 2.45) is 0 Å². The highest BCUT2D eigenvalue weighted by atomic mass is 16.1. The molecular formula is C18H20O. The van der Waals surface area contributed by atoms with Crippen LogP contribution in [-0.4, -0.2) is 5.78 Å². The fraction of sp³-hybridized carbons (Fsp3) is 0.278. The van der Waals surface area contributed by atoms with Crippen molar-refractivity contribution in [3.05, 3.63) is 60.2 Å².